The Morgan fingerprint density at radius 2 is 2.00 bits per heavy atom. The van der Waals surface area contributed by atoms with Crippen LogP contribution in [0.4, 0.5) is 0 Å². The fourth-order valence-electron chi connectivity index (χ4n) is 1.65. The number of hydrogen-bond acceptors (Lipinski definition) is 3. The van der Waals surface area contributed by atoms with Crippen molar-refractivity contribution < 1.29 is 9.59 Å². The zero-order valence-corrected chi connectivity index (χ0v) is 10.2. The largest absolute Gasteiger partial charge is 0.336 e. The monoisotopic (exact) mass is 282 g/mol. The second-order valence-corrected chi connectivity index (χ2v) is 4.49. The SMILES string of the molecule is O=C1CCN(C(=O)c2cccc(Br)n2)CC1. The number of piperidine rings is 1. The molecule has 4 nitrogen and oxygen atoms in total. The normalized spacial score (nSPS) is 16.3. The van der Waals surface area contributed by atoms with E-state index < -0.39 is 0 Å². The van der Waals surface area contributed by atoms with Crippen molar-refractivity contribution >= 4 is 27.6 Å². The number of pyridine rings is 1. The topological polar surface area (TPSA) is 50.3 Å². The maximum atomic E-state index is 12.0. The Kier molecular flexibility index (Phi) is 3.33. The molecule has 0 bridgehead atoms. The maximum absolute atomic E-state index is 12.0. The Hall–Kier alpha value is -1.23. The molecule has 1 amide bonds. The van der Waals surface area contributed by atoms with Gasteiger partial charge >= 0.3 is 0 Å². The van der Waals surface area contributed by atoms with Crippen LogP contribution in [-0.2, 0) is 4.79 Å². The Balaban J connectivity index is 2.10. The van der Waals surface area contributed by atoms with Crippen LogP contribution in [0.5, 0.6) is 0 Å². The van der Waals surface area contributed by atoms with E-state index in [1.54, 1.807) is 23.1 Å². The molecular weight excluding hydrogens is 272 g/mol. The minimum Gasteiger partial charge on any atom is -0.336 e. The molecule has 2 rings (SSSR count). The van der Waals surface area contributed by atoms with E-state index in [4.69, 9.17) is 0 Å². The number of carbonyl (C=O) groups excluding carboxylic acids is 2. The third kappa shape index (κ3) is 2.47. The van der Waals surface area contributed by atoms with Crippen molar-refractivity contribution in [3.63, 3.8) is 0 Å². The summed E-state index contributed by atoms with van der Waals surface area (Å²) in [6, 6.07) is 5.24. The van der Waals surface area contributed by atoms with Crippen molar-refractivity contribution in [2.45, 2.75) is 12.8 Å². The van der Waals surface area contributed by atoms with E-state index in [9.17, 15) is 9.59 Å². The van der Waals surface area contributed by atoms with Crippen LogP contribution in [0.3, 0.4) is 0 Å². The smallest absolute Gasteiger partial charge is 0.272 e. The average molecular weight is 283 g/mol. The molecule has 1 aromatic rings. The zero-order valence-electron chi connectivity index (χ0n) is 8.65. The van der Waals surface area contributed by atoms with Crippen LogP contribution in [0.15, 0.2) is 22.8 Å². The number of Topliss-reactive ketones (excluding diaryl/α,β-unsaturated/α-hetero) is 1. The average Bonchev–Trinajstić information content (AvgIpc) is 2.29. The van der Waals surface area contributed by atoms with Crippen LogP contribution in [0, 0.1) is 0 Å². The van der Waals surface area contributed by atoms with Crippen molar-refractivity contribution in [2.24, 2.45) is 0 Å². The molecule has 2 heterocycles. The lowest BCUT2D eigenvalue weighted by molar-refractivity contribution is -0.120. The van der Waals surface area contributed by atoms with Gasteiger partial charge in [0.05, 0.1) is 0 Å². The Morgan fingerprint density at radius 3 is 2.62 bits per heavy atom. The van der Waals surface area contributed by atoms with Crippen LogP contribution in [0.2, 0.25) is 0 Å². The van der Waals surface area contributed by atoms with Gasteiger partial charge in [-0.3, -0.25) is 9.59 Å². The molecule has 16 heavy (non-hydrogen) atoms. The van der Waals surface area contributed by atoms with Crippen molar-refractivity contribution in [3.05, 3.63) is 28.5 Å². The number of carbonyl (C=O) groups is 2. The number of nitrogens with zero attached hydrogens (tertiary/aromatic N) is 2. The molecule has 5 heteroatoms. The first-order valence-electron chi connectivity index (χ1n) is 5.10. The second-order valence-electron chi connectivity index (χ2n) is 3.68. The lowest BCUT2D eigenvalue weighted by Crippen LogP contribution is -2.38. The standard InChI is InChI=1S/C11H11BrN2O2/c12-10-3-1-2-9(13-10)11(16)14-6-4-8(15)5-7-14/h1-3H,4-7H2. The summed E-state index contributed by atoms with van der Waals surface area (Å²) in [6.07, 6.45) is 0.916. The van der Waals surface area contributed by atoms with Gasteiger partial charge in [-0.05, 0) is 28.1 Å². The number of rotatable bonds is 1. The van der Waals surface area contributed by atoms with Crippen molar-refractivity contribution in [1.82, 2.24) is 9.88 Å². The summed E-state index contributed by atoms with van der Waals surface area (Å²) in [6.45, 7) is 1.01. The number of ketones is 1. The van der Waals surface area contributed by atoms with Gasteiger partial charge in [0.1, 0.15) is 16.1 Å². The Bertz CT molecular complexity index is 424. The van der Waals surface area contributed by atoms with Gasteiger partial charge in [0.15, 0.2) is 0 Å². The number of halogens is 1. The van der Waals surface area contributed by atoms with E-state index in [1.165, 1.54) is 0 Å². The van der Waals surface area contributed by atoms with E-state index in [0.29, 0.717) is 36.2 Å². The molecule has 0 saturated carbocycles. The summed E-state index contributed by atoms with van der Waals surface area (Å²) in [5.41, 5.74) is 0.420. The molecule has 0 aliphatic carbocycles. The number of aromatic nitrogens is 1. The summed E-state index contributed by atoms with van der Waals surface area (Å²) in [7, 11) is 0. The van der Waals surface area contributed by atoms with E-state index in [-0.39, 0.29) is 11.7 Å². The van der Waals surface area contributed by atoms with Crippen LogP contribution in [0.25, 0.3) is 0 Å². The van der Waals surface area contributed by atoms with E-state index >= 15 is 0 Å². The van der Waals surface area contributed by atoms with E-state index in [2.05, 4.69) is 20.9 Å². The molecule has 0 unspecified atom stereocenters. The lowest BCUT2D eigenvalue weighted by atomic mass is 10.1. The molecule has 1 saturated heterocycles. The fourth-order valence-corrected chi connectivity index (χ4v) is 1.99. The number of amides is 1. The summed E-state index contributed by atoms with van der Waals surface area (Å²) >= 11 is 3.23. The van der Waals surface area contributed by atoms with Crippen LogP contribution in [-0.4, -0.2) is 34.7 Å². The molecule has 0 atom stereocenters. The summed E-state index contributed by atoms with van der Waals surface area (Å²) in [5, 5.41) is 0. The van der Waals surface area contributed by atoms with Gasteiger partial charge in [0.25, 0.3) is 5.91 Å². The minimum atomic E-state index is -0.103. The van der Waals surface area contributed by atoms with Gasteiger partial charge in [-0.1, -0.05) is 6.07 Å². The Labute approximate surface area is 102 Å². The molecule has 0 spiro atoms. The maximum Gasteiger partial charge on any atom is 0.272 e. The third-order valence-corrected chi connectivity index (χ3v) is 2.98. The molecular formula is C11H11BrN2O2. The highest BCUT2D eigenvalue weighted by atomic mass is 79.9. The first kappa shape index (κ1) is 11.3. The van der Waals surface area contributed by atoms with Crippen LogP contribution >= 0.6 is 15.9 Å². The van der Waals surface area contributed by atoms with E-state index in [0.717, 1.165) is 0 Å². The van der Waals surface area contributed by atoms with Gasteiger partial charge in [-0.2, -0.15) is 0 Å². The highest BCUT2D eigenvalue weighted by molar-refractivity contribution is 9.10. The van der Waals surface area contributed by atoms with Crippen LogP contribution in [0.1, 0.15) is 23.3 Å². The first-order chi connectivity index (χ1) is 7.66. The predicted octanol–water partition coefficient (Wildman–Crippen LogP) is 1.65. The molecule has 0 radical (unpaired) electrons. The highest BCUT2D eigenvalue weighted by Gasteiger charge is 2.22. The van der Waals surface area contributed by atoms with Crippen LogP contribution < -0.4 is 0 Å². The quantitative estimate of drug-likeness (QED) is 0.736. The van der Waals surface area contributed by atoms with Gasteiger partial charge in [0.2, 0.25) is 0 Å². The third-order valence-electron chi connectivity index (χ3n) is 2.54. The Morgan fingerprint density at radius 1 is 1.31 bits per heavy atom. The highest BCUT2D eigenvalue weighted by Crippen LogP contribution is 2.12. The predicted molar refractivity (Wildman–Crippen MR) is 62.1 cm³/mol. The summed E-state index contributed by atoms with van der Waals surface area (Å²) in [4.78, 5) is 28.8. The number of likely N-dealkylation sites (tertiary alicyclic amines) is 1. The molecule has 0 N–H and O–H groups in total. The second kappa shape index (κ2) is 4.74. The van der Waals surface area contributed by atoms with Gasteiger partial charge in [-0.25, -0.2) is 4.98 Å². The summed E-state index contributed by atoms with van der Waals surface area (Å²) < 4.78 is 0.645. The number of hydrogen-bond donors (Lipinski definition) is 0. The molecule has 1 aliphatic heterocycles. The zero-order chi connectivity index (χ0) is 11.5. The van der Waals surface area contributed by atoms with Crippen molar-refractivity contribution in [2.75, 3.05) is 13.1 Å². The lowest BCUT2D eigenvalue weighted by Gasteiger charge is -2.25. The summed E-state index contributed by atoms with van der Waals surface area (Å²) in [5.74, 6) is 0.125. The van der Waals surface area contributed by atoms with Crippen molar-refractivity contribution in [1.29, 1.82) is 0 Å². The molecule has 84 valence electrons. The minimum absolute atomic E-state index is 0.103. The van der Waals surface area contributed by atoms with Gasteiger partial charge in [-0.15, -0.1) is 0 Å². The molecule has 1 aromatic heterocycles. The molecule has 0 aromatic carbocycles. The fraction of sp³-hybridized carbons (Fsp3) is 0.364. The van der Waals surface area contributed by atoms with E-state index in [1.807, 2.05) is 0 Å². The van der Waals surface area contributed by atoms with Crippen molar-refractivity contribution in [3.8, 4) is 0 Å². The van der Waals surface area contributed by atoms with Gasteiger partial charge in [0, 0.05) is 25.9 Å². The molecule has 1 aliphatic rings. The molecule has 1 fully saturated rings. The first-order valence-corrected chi connectivity index (χ1v) is 5.89. The van der Waals surface area contributed by atoms with Gasteiger partial charge < -0.3 is 4.90 Å².